The van der Waals surface area contributed by atoms with Crippen molar-refractivity contribution in [1.29, 1.82) is 0 Å². The molecular formula is C23H24N2O2. The van der Waals surface area contributed by atoms with Crippen molar-refractivity contribution in [3.05, 3.63) is 76.7 Å². The second-order valence-electron chi connectivity index (χ2n) is 7.21. The Labute approximate surface area is 159 Å². The zero-order chi connectivity index (χ0) is 18.6. The first-order chi connectivity index (χ1) is 13.2. The lowest BCUT2D eigenvalue weighted by Crippen LogP contribution is -2.26. The van der Waals surface area contributed by atoms with Crippen LogP contribution in [0.25, 0.3) is 11.5 Å². The molecule has 1 heterocycles. The van der Waals surface area contributed by atoms with Gasteiger partial charge in [0.25, 0.3) is 5.91 Å². The van der Waals surface area contributed by atoms with E-state index in [1.54, 1.807) is 6.26 Å². The molecule has 2 aromatic carbocycles. The lowest BCUT2D eigenvalue weighted by Gasteiger charge is -2.16. The van der Waals surface area contributed by atoms with Crippen LogP contribution in [0.2, 0.25) is 0 Å². The molecule has 0 bridgehead atoms. The summed E-state index contributed by atoms with van der Waals surface area (Å²) in [6.07, 6.45) is 6.99. The summed E-state index contributed by atoms with van der Waals surface area (Å²) in [7, 11) is 0. The maximum absolute atomic E-state index is 12.4. The van der Waals surface area contributed by atoms with Gasteiger partial charge in [0.2, 0.25) is 5.89 Å². The van der Waals surface area contributed by atoms with Crippen molar-refractivity contribution in [1.82, 2.24) is 10.3 Å². The van der Waals surface area contributed by atoms with Gasteiger partial charge in [-0.25, -0.2) is 4.98 Å². The van der Waals surface area contributed by atoms with Gasteiger partial charge in [0, 0.05) is 24.1 Å². The Hall–Kier alpha value is -2.88. The van der Waals surface area contributed by atoms with E-state index < -0.39 is 0 Å². The molecule has 3 aromatic rings. The van der Waals surface area contributed by atoms with Gasteiger partial charge in [-0.2, -0.15) is 0 Å². The van der Waals surface area contributed by atoms with E-state index >= 15 is 0 Å². The largest absolute Gasteiger partial charge is 0.444 e. The fourth-order valence-electron chi connectivity index (χ4n) is 3.53. The van der Waals surface area contributed by atoms with Crippen LogP contribution in [0, 0.1) is 6.92 Å². The second-order valence-corrected chi connectivity index (χ2v) is 7.21. The van der Waals surface area contributed by atoms with Crippen molar-refractivity contribution < 1.29 is 9.21 Å². The summed E-state index contributed by atoms with van der Waals surface area (Å²) < 4.78 is 5.57. The zero-order valence-corrected chi connectivity index (χ0v) is 15.6. The number of hydrogen-bond acceptors (Lipinski definition) is 3. The molecule has 138 valence electrons. The number of aryl methyl sites for hydroxylation is 3. The molecule has 0 aliphatic heterocycles. The fourth-order valence-corrected chi connectivity index (χ4v) is 3.53. The number of carbonyl (C=O) groups is 1. The van der Waals surface area contributed by atoms with Gasteiger partial charge in [0.15, 0.2) is 0 Å². The molecule has 0 saturated heterocycles. The van der Waals surface area contributed by atoms with E-state index in [-0.39, 0.29) is 5.91 Å². The van der Waals surface area contributed by atoms with Gasteiger partial charge in [-0.3, -0.25) is 4.79 Å². The quantitative estimate of drug-likeness (QED) is 0.729. The van der Waals surface area contributed by atoms with E-state index in [1.165, 1.54) is 29.5 Å². The molecule has 4 heteroatoms. The number of benzene rings is 2. The molecule has 0 fully saturated rings. The molecule has 0 atom stereocenters. The number of rotatable bonds is 5. The maximum atomic E-state index is 12.4. The highest BCUT2D eigenvalue weighted by Crippen LogP contribution is 2.22. The minimum Gasteiger partial charge on any atom is -0.444 e. The van der Waals surface area contributed by atoms with E-state index in [2.05, 4.69) is 29.4 Å². The first kappa shape index (κ1) is 17.5. The fraction of sp³-hybridized carbons (Fsp3) is 0.304. The highest BCUT2D eigenvalue weighted by Gasteiger charge is 2.13. The number of fused-ring (bicyclic) bond motifs is 1. The highest BCUT2D eigenvalue weighted by atomic mass is 16.3. The predicted molar refractivity (Wildman–Crippen MR) is 106 cm³/mol. The van der Waals surface area contributed by atoms with Gasteiger partial charge in [-0.15, -0.1) is 0 Å². The highest BCUT2D eigenvalue weighted by molar-refractivity contribution is 5.94. The molecule has 1 N–H and O–H groups in total. The topological polar surface area (TPSA) is 55.1 Å². The second kappa shape index (κ2) is 7.78. The normalized spacial score (nSPS) is 13.2. The Morgan fingerprint density at radius 1 is 1.07 bits per heavy atom. The SMILES string of the molecule is Cc1ccc(-c2nc(CCNC(=O)c3ccc4c(c3)CCCC4)co2)cc1. The standard InChI is InChI=1S/C23H24N2O2/c1-16-6-8-18(9-7-16)23-25-21(15-27-23)12-13-24-22(26)20-11-10-17-4-2-3-5-19(17)14-20/h6-11,14-15H,2-5,12-13H2,1H3,(H,24,26). The van der Waals surface area contributed by atoms with Gasteiger partial charge >= 0.3 is 0 Å². The zero-order valence-electron chi connectivity index (χ0n) is 15.6. The van der Waals surface area contributed by atoms with Crippen LogP contribution in [0.3, 0.4) is 0 Å². The summed E-state index contributed by atoms with van der Waals surface area (Å²) in [4.78, 5) is 16.9. The maximum Gasteiger partial charge on any atom is 0.251 e. The Balaban J connectivity index is 1.33. The van der Waals surface area contributed by atoms with E-state index in [0.717, 1.165) is 29.7 Å². The Kier molecular flexibility index (Phi) is 5.05. The van der Waals surface area contributed by atoms with E-state index in [4.69, 9.17) is 4.42 Å². The van der Waals surface area contributed by atoms with Crippen LogP contribution in [0.5, 0.6) is 0 Å². The Morgan fingerprint density at radius 2 is 1.85 bits per heavy atom. The number of aromatic nitrogens is 1. The number of amides is 1. The molecule has 1 aliphatic carbocycles. The van der Waals surface area contributed by atoms with Crippen molar-refractivity contribution in [2.24, 2.45) is 0 Å². The first-order valence-corrected chi connectivity index (χ1v) is 9.60. The summed E-state index contributed by atoms with van der Waals surface area (Å²) in [5, 5.41) is 2.99. The lowest BCUT2D eigenvalue weighted by atomic mass is 9.90. The summed E-state index contributed by atoms with van der Waals surface area (Å²) in [6.45, 7) is 2.59. The van der Waals surface area contributed by atoms with Gasteiger partial charge in [0.1, 0.15) is 6.26 Å². The Bertz CT molecular complexity index is 941. The summed E-state index contributed by atoms with van der Waals surface area (Å²) in [5.74, 6) is 0.594. The van der Waals surface area contributed by atoms with Crippen LogP contribution in [-0.2, 0) is 19.3 Å². The summed E-state index contributed by atoms with van der Waals surface area (Å²) >= 11 is 0. The van der Waals surface area contributed by atoms with Crippen LogP contribution in [0.4, 0.5) is 0 Å². The van der Waals surface area contributed by atoms with E-state index in [1.807, 2.05) is 30.3 Å². The summed E-state index contributed by atoms with van der Waals surface area (Å²) in [6, 6.07) is 14.2. The van der Waals surface area contributed by atoms with Gasteiger partial charge < -0.3 is 9.73 Å². The molecule has 0 saturated carbocycles. The van der Waals surface area contributed by atoms with Gasteiger partial charge in [-0.05, 0) is 68.0 Å². The van der Waals surface area contributed by atoms with Crippen molar-refractivity contribution in [2.75, 3.05) is 6.54 Å². The van der Waals surface area contributed by atoms with Crippen molar-refractivity contribution in [3.63, 3.8) is 0 Å². The Morgan fingerprint density at radius 3 is 2.67 bits per heavy atom. The van der Waals surface area contributed by atoms with E-state index in [9.17, 15) is 4.79 Å². The minimum atomic E-state index is -0.0226. The monoisotopic (exact) mass is 360 g/mol. The predicted octanol–water partition coefficient (Wildman–Crippen LogP) is 4.50. The third kappa shape index (κ3) is 4.11. The third-order valence-electron chi connectivity index (χ3n) is 5.13. The number of oxazole rings is 1. The molecule has 0 unspecified atom stereocenters. The third-order valence-corrected chi connectivity index (χ3v) is 5.13. The smallest absolute Gasteiger partial charge is 0.251 e. The van der Waals surface area contributed by atoms with Gasteiger partial charge in [0.05, 0.1) is 5.69 Å². The summed E-state index contributed by atoms with van der Waals surface area (Å²) in [5.41, 5.74) is 6.48. The average Bonchev–Trinajstić information content (AvgIpc) is 3.17. The van der Waals surface area contributed by atoms with Crippen LogP contribution >= 0.6 is 0 Å². The van der Waals surface area contributed by atoms with E-state index in [0.29, 0.717) is 18.9 Å². The molecular weight excluding hydrogens is 336 g/mol. The number of hydrogen-bond donors (Lipinski definition) is 1. The van der Waals surface area contributed by atoms with Crippen molar-refractivity contribution in [3.8, 4) is 11.5 Å². The molecule has 4 nitrogen and oxygen atoms in total. The van der Waals surface area contributed by atoms with Crippen molar-refractivity contribution in [2.45, 2.75) is 39.0 Å². The molecule has 1 amide bonds. The molecule has 1 aliphatic rings. The molecule has 0 spiro atoms. The average molecular weight is 360 g/mol. The molecule has 0 radical (unpaired) electrons. The lowest BCUT2D eigenvalue weighted by molar-refractivity contribution is 0.0954. The number of carbonyl (C=O) groups excluding carboxylic acids is 1. The van der Waals surface area contributed by atoms with Crippen LogP contribution in [0.15, 0.2) is 53.1 Å². The molecule has 1 aromatic heterocycles. The molecule has 4 rings (SSSR count). The number of nitrogens with zero attached hydrogens (tertiary/aromatic N) is 1. The van der Waals surface area contributed by atoms with Crippen LogP contribution < -0.4 is 5.32 Å². The van der Waals surface area contributed by atoms with Crippen LogP contribution in [0.1, 0.15) is 45.6 Å². The van der Waals surface area contributed by atoms with Gasteiger partial charge in [-0.1, -0.05) is 23.8 Å². The van der Waals surface area contributed by atoms with Crippen molar-refractivity contribution >= 4 is 5.91 Å². The number of nitrogens with one attached hydrogen (secondary N) is 1. The first-order valence-electron chi connectivity index (χ1n) is 9.60. The minimum absolute atomic E-state index is 0.0226. The van der Waals surface area contributed by atoms with Crippen LogP contribution in [-0.4, -0.2) is 17.4 Å². The molecule has 27 heavy (non-hydrogen) atoms.